The number of carbonyl (C=O) groups excluding carboxylic acids is 1. The van der Waals surface area contributed by atoms with E-state index in [-0.39, 0.29) is 11.7 Å². The van der Waals surface area contributed by atoms with Crippen LogP contribution in [0.1, 0.15) is 11.1 Å². The maximum Gasteiger partial charge on any atom is 0.248 e. The maximum absolute atomic E-state index is 12.7. The van der Waals surface area contributed by atoms with Gasteiger partial charge in [0, 0.05) is 11.8 Å². The van der Waals surface area contributed by atoms with Crippen LogP contribution in [0.4, 0.5) is 10.1 Å². The van der Waals surface area contributed by atoms with Crippen molar-refractivity contribution in [2.45, 2.75) is 0 Å². The first-order chi connectivity index (χ1) is 9.67. The number of hydrogen-bond donors (Lipinski definition) is 1. The molecular weight excluding hydrogens is 255 g/mol. The molecule has 3 nitrogen and oxygen atoms in total. The maximum atomic E-state index is 12.7. The van der Waals surface area contributed by atoms with Crippen molar-refractivity contribution in [1.82, 2.24) is 0 Å². The van der Waals surface area contributed by atoms with Crippen molar-refractivity contribution in [2.75, 3.05) is 5.32 Å². The van der Waals surface area contributed by atoms with E-state index in [9.17, 15) is 9.18 Å². The number of rotatable bonds is 3. The molecule has 0 aliphatic heterocycles. The fourth-order valence-corrected chi connectivity index (χ4v) is 1.60. The molecule has 0 radical (unpaired) electrons. The van der Waals surface area contributed by atoms with Gasteiger partial charge in [0.1, 0.15) is 5.82 Å². The number of halogens is 1. The highest BCUT2D eigenvalue weighted by atomic mass is 19.1. The molecule has 2 rings (SSSR count). The third-order valence-corrected chi connectivity index (χ3v) is 2.56. The first-order valence-corrected chi connectivity index (χ1v) is 5.92. The third kappa shape index (κ3) is 3.79. The molecule has 0 saturated heterocycles. The van der Waals surface area contributed by atoms with Crippen LogP contribution >= 0.6 is 0 Å². The van der Waals surface area contributed by atoms with Crippen LogP contribution in [-0.2, 0) is 4.79 Å². The molecule has 0 bridgehead atoms. The van der Waals surface area contributed by atoms with Crippen LogP contribution in [-0.4, -0.2) is 5.91 Å². The van der Waals surface area contributed by atoms with Gasteiger partial charge in [0.2, 0.25) is 5.91 Å². The lowest BCUT2D eigenvalue weighted by atomic mass is 10.2. The smallest absolute Gasteiger partial charge is 0.248 e. The van der Waals surface area contributed by atoms with Gasteiger partial charge in [-0.15, -0.1) is 0 Å². The minimum atomic E-state index is -0.320. The Morgan fingerprint density at radius 2 is 1.95 bits per heavy atom. The third-order valence-electron chi connectivity index (χ3n) is 2.56. The highest BCUT2D eigenvalue weighted by molar-refractivity contribution is 6.01. The number of nitrogens with one attached hydrogen (secondary N) is 1. The molecule has 0 unspecified atom stereocenters. The number of anilines is 1. The van der Waals surface area contributed by atoms with Crippen LogP contribution in [0, 0.1) is 17.1 Å². The van der Waals surface area contributed by atoms with Gasteiger partial charge in [0.05, 0.1) is 11.6 Å². The summed E-state index contributed by atoms with van der Waals surface area (Å²) in [5.41, 5.74) is 1.76. The van der Waals surface area contributed by atoms with Gasteiger partial charge in [0.15, 0.2) is 0 Å². The zero-order chi connectivity index (χ0) is 14.4. The molecular formula is C16H11FN2O. The van der Waals surface area contributed by atoms with Gasteiger partial charge in [-0.1, -0.05) is 18.2 Å². The molecule has 0 spiro atoms. The molecule has 1 amide bonds. The van der Waals surface area contributed by atoms with Gasteiger partial charge >= 0.3 is 0 Å². The fourth-order valence-electron chi connectivity index (χ4n) is 1.60. The first kappa shape index (κ1) is 13.5. The summed E-state index contributed by atoms with van der Waals surface area (Å²) in [6.45, 7) is 0. The van der Waals surface area contributed by atoms with E-state index < -0.39 is 0 Å². The predicted molar refractivity (Wildman–Crippen MR) is 75.2 cm³/mol. The van der Waals surface area contributed by atoms with Crippen LogP contribution < -0.4 is 5.32 Å². The van der Waals surface area contributed by atoms with Crippen LogP contribution in [0.3, 0.4) is 0 Å². The van der Waals surface area contributed by atoms with Crippen LogP contribution in [0.5, 0.6) is 0 Å². The van der Waals surface area contributed by atoms with E-state index >= 15 is 0 Å². The Hall–Kier alpha value is -2.93. The summed E-state index contributed by atoms with van der Waals surface area (Å²) in [6, 6.07) is 14.4. The highest BCUT2D eigenvalue weighted by Gasteiger charge is 1.99. The topological polar surface area (TPSA) is 52.9 Å². The van der Waals surface area contributed by atoms with Crippen LogP contribution in [0.25, 0.3) is 6.08 Å². The lowest BCUT2D eigenvalue weighted by Gasteiger charge is -2.01. The Labute approximate surface area is 116 Å². The predicted octanol–water partition coefficient (Wildman–Crippen LogP) is 3.35. The molecule has 4 heteroatoms. The van der Waals surface area contributed by atoms with Gasteiger partial charge in [-0.05, 0) is 42.0 Å². The summed E-state index contributed by atoms with van der Waals surface area (Å²) in [5, 5.41) is 11.4. The van der Waals surface area contributed by atoms with Crippen LogP contribution in [0.2, 0.25) is 0 Å². The summed E-state index contributed by atoms with van der Waals surface area (Å²) in [5.74, 6) is -0.635. The quantitative estimate of drug-likeness (QED) is 0.866. The van der Waals surface area contributed by atoms with Crippen LogP contribution in [0.15, 0.2) is 54.6 Å². The summed E-state index contributed by atoms with van der Waals surface area (Å²) in [6.07, 6.45) is 2.94. The van der Waals surface area contributed by atoms with E-state index in [2.05, 4.69) is 5.32 Å². The molecule has 2 aromatic rings. The van der Waals surface area contributed by atoms with Gasteiger partial charge in [-0.2, -0.15) is 5.26 Å². The van der Waals surface area contributed by atoms with E-state index in [1.165, 1.54) is 18.2 Å². The normalized spacial score (nSPS) is 10.2. The average molecular weight is 266 g/mol. The summed E-state index contributed by atoms with van der Waals surface area (Å²) >= 11 is 0. The molecule has 20 heavy (non-hydrogen) atoms. The molecule has 0 aliphatic carbocycles. The van der Waals surface area contributed by atoms with Gasteiger partial charge < -0.3 is 5.32 Å². The van der Waals surface area contributed by atoms with Gasteiger partial charge in [-0.3, -0.25) is 4.79 Å². The Morgan fingerprint density at radius 1 is 1.20 bits per heavy atom. The minimum Gasteiger partial charge on any atom is -0.322 e. The average Bonchev–Trinajstić information content (AvgIpc) is 2.47. The van der Waals surface area contributed by atoms with Crippen molar-refractivity contribution in [3.05, 3.63) is 71.6 Å². The van der Waals surface area contributed by atoms with Gasteiger partial charge in [-0.25, -0.2) is 4.39 Å². The van der Waals surface area contributed by atoms with Crippen molar-refractivity contribution in [1.29, 1.82) is 5.26 Å². The monoisotopic (exact) mass is 266 g/mol. The van der Waals surface area contributed by atoms with Crippen molar-refractivity contribution < 1.29 is 9.18 Å². The summed E-state index contributed by atoms with van der Waals surface area (Å²) < 4.78 is 12.7. The second-order valence-electron chi connectivity index (χ2n) is 4.07. The van der Waals surface area contributed by atoms with Crippen molar-refractivity contribution >= 4 is 17.7 Å². The Morgan fingerprint density at radius 3 is 2.65 bits per heavy atom. The standard InChI is InChI=1S/C16H11FN2O/c17-14-7-4-12(5-8-14)6-9-16(20)19-15-3-1-2-13(10-15)11-18/h1-10H,(H,19,20)/b9-6+. The van der Waals surface area contributed by atoms with E-state index in [1.54, 1.807) is 42.5 Å². The second kappa shape index (κ2) is 6.30. The van der Waals surface area contributed by atoms with E-state index in [0.717, 1.165) is 5.56 Å². The first-order valence-electron chi connectivity index (χ1n) is 5.92. The number of nitrogens with zero attached hydrogens (tertiary/aromatic N) is 1. The molecule has 0 aromatic heterocycles. The Bertz CT molecular complexity index is 684. The molecule has 1 N–H and O–H groups in total. The second-order valence-corrected chi connectivity index (χ2v) is 4.07. The molecule has 0 heterocycles. The van der Waals surface area contributed by atoms with E-state index in [1.807, 2.05) is 6.07 Å². The summed E-state index contributed by atoms with van der Waals surface area (Å²) in [7, 11) is 0. The number of hydrogen-bond acceptors (Lipinski definition) is 2. The minimum absolute atomic E-state index is 0.315. The summed E-state index contributed by atoms with van der Waals surface area (Å²) in [4.78, 5) is 11.7. The molecule has 0 aliphatic rings. The van der Waals surface area contributed by atoms with E-state index in [0.29, 0.717) is 11.3 Å². The van der Waals surface area contributed by atoms with Crippen molar-refractivity contribution in [3.63, 3.8) is 0 Å². The lowest BCUT2D eigenvalue weighted by Crippen LogP contribution is -2.07. The van der Waals surface area contributed by atoms with Crippen molar-refractivity contribution in [3.8, 4) is 6.07 Å². The Balaban J connectivity index is 2.02. The van der Waals surface area contributed by atoms with E-state index in [4.69, 9.17) is 5.26 Å². The van der Waals surface area contributed by atoms with Gasteiger partial charge in [0.25, 0.3) is 0 Å². The molecule has 0 fully saturated rings. The number of nitriles is 1. The molecule has 2 aromatic carbocycles. The zero-order valence-electron chi connectivity index (χ0n) is 10.5. The largest absolute Gasteiger partial charge is 0.322 e. The fraction of sp³-hybridized carbons (Fsp3) is 0. The number of carbonyl (C=O) groups is 1. The number of amides is 1. The molecule has 0 atom stereocenters. The van der Waals surface area contributed by atoms with Crippen molar-refractivity contribution in [2.24, 2.45) is 0 Å². The lowest BCUT2D eigenvalue weighted by molar-refractivity contribution is -0.111. The number of benzene rings is 2. The highest BCUT2D eigenvalue weighted by Crippen LogP contribution is 2.10. The Kier molecular flexibility index (Phi) is 4.25. The molecule has 0 saturated carbocycles. The zero-order valence-corrected chi connectivity index (χ0v) is 10.5. The SMILES string of the molecule is N#Cc1cccc(NC(=O)/C=C/c2ccc(F)cc2)c1. The molecule has 98 valence electrons.